The number of rotatable bonds is 5. The van der Waals surface area contributed by atoms with Crippen molar-refractivity contribution in [2.75, 3.05) is 44.8 Å². The van der Waals surface area contributed by atoms with Crippen LogP contribution >= 0.6 is 11.6 Å². The van der Waals surface area contributed by atoms with Crippen LogP contribution < -0.4 is 11.1 Å². The van der Waals surface area contributed by atoms with Gasteiger partial charge in [0, 0.05) is 17.6 Å². The lowest BCUT2D eigenvalue weighted by molar-refractivity contribution is -0.117. The second kappa shape index (κ2) is 7.11. The number of benzene rings is 1. The molecule has 1 amide bonds. The third kappa shape index (κ3) is 4.59. The van der Waals surface area contributed by atoms with Gasteiger partial charge in [0.2, 0.25) is 5.91 Å². The Labute approximate surface area is 131 Å². The molecule has 0 aliphatic carbocycles. The van der Waals surface area contributed by atoms with Crippen molar-refractivity contribution in [1.29, 1.82) is 0 Å². The number of likely N-dealkylation sites (N-methyl/N-ethyl adjacent to an activating group) is 2. The van der Waals surface area contributed by atoms with Gasteiger partial charge in [-0.1, -0.05) is 11.6 Å². The smallest absolute Gasteiger partial charge is 0.238 e. The molecule has 21 heavy (non-hydrogen) atoms. The number of amides is 1. The Morgan fingerprint density at radius 1 is 1.57 bits per heavy atom. The van der Waals surface area contributed by atoms with Crippen LogP contribution in [0.4, 0.5) is 11.4 Å². The first-order chi connectivity index (χ1) is 9.95. The summed E-state index contributed by atoms with van der Waals surface area (Å²) >= 11 is 5.91. The van der Waals surface area contributed by atoms with Gasteiger partial charge in [-0.05, 0) is 51.7 Å². The molecular formula is C15H23ClN4O. The first kappa shape index (κ1) is 16.1. The van der Waals surface area contributed by atoms with Crippen molar-refractivity contribution in [1.82, 2.24) is 9.80 Å². The number of nitrogens with two attached hydrogens (primary N) is 1. The quantitative estimate of drug-likeness (QED) is 0.815. The predicted molar refractivity (Wildman–Crippen MR) is 87.6 cm³/mol. The molecule has 1 unspecified atom stereocenters. The summed E-state index contributed by atoms with van der Waals surface area (Å²) in [6.45, 7) is 2.38. The van der Waals surface area contributed by atoms with Crippen molar-refractivity contribution < 1.29 is 4.79 Å². The van der Waals surface area contributed by atoms with Gasteiger partial charge in [-0.2, -0.15) is 0 Å². The molecule has 0 bridgehead atoms. The molecule has 2 rings (SSSR count). The number of carbonyl (C=O) groups is 1. The number of nitrogens with zero attached hydrogens (tertiary/aromatic N) is 2. The Morgan fingerprint density at radius 2 is 2.33 bits per heavy atom. The highest BCUT2D eigenvalue weighted by Crippen LogP contribution is 2.22. The Morgan fingerprint density at radius 3 is 3.00 bits per heavy atom. The van der Waals surface area contributed by atoms with Crippen LogP contribution in [0.15, 0.2) is 18.2 Å². The van der Waals surface area contributed by atoms with Crippen LogP contribution in [0.25, 0.3) is 0 Å². The lowest BCUT2D eigenvalue weighted by atomic mass is 10.2. The summed E-state index contributed by atoms with van der Waals surface area (Å²) in [4.78, 5) is 16.5. The molecule has 1 saturated heterocycles. The van der Waals surface area contributed by atoms with Gasteiger partial charge >= 0.3 is 0 Å². The summed E-state index contributed by atoms with van der Waals surface area (Å²) in [5.41, 5.74) is 6.91. The van der Waals surface area contributed by atoms with Crippen molar-refractivity contribution in [3.05, 3.63) is 23.2 Å². The number of nitrogens with one attached hydrogen (secondary N) is 1. The third-order valence-electron chi connectivity index (χ3n) is 3.90. The summed E-state index contributed by atoms with van der Waals surface area (Å²) in [7, 11) is 4.10. The number of carbonyl (C=O) groups excluding carboxylic acids is 1. The van der Waals surface area contributed by atoms with Crippen molar-refractivity contribution >= 4 is 28.9 Å². The van der Waals surface area contributed by atoms with Crippen molar-refractivity contribution in [2.24, 2.45) is 0 Å². The van der Waals surface area contributed by atoms with E-state index in [2.05, 4.69) is 17.3 Å². The van der Waals surface area contributed by atoms with E-state index in [1.165, 1.54) is 12.8 Å². The van der Waals surface area contributed by atoms with Crippen LogP contribution in [0.5, 0.6) is 0 Å². The topological polar surface area (TPSA) is 61.6 Å². The monoisotopic (exact) mass is 310 g/mol. The molecule has 1 fully saturated rings. The van der Waals surface area contributed by atoms with Crippen molar-refractivity contribution in [3.8, 4) is 0 Å². The number of halogens is 1. The minimum Gasteiger partial charge on any atom is -0.397 e. The summed E-state index contributed by atoms with van der Waals surface area (Å²) in [5, 5.41) is 3.37. The molecule has 0 aromatic heterocycles. The maximum Gasteiger partial charge on any atom is 0.238 e. The van der Waals surface area contributed by atoms with Gasteiger partial charge in [0.1, 0.15) is 0 Å². The van der Waals surface area contributed by atoms with Crippen molar-refractivity contribution in [3.63, 3.8) is 0 Å². The summed E-state index contributed by atoms with van der Waals surface area (Å²) in [6.07, 6.45) is 2.43. The maximum atomic E-state index is 12.1. The van der Waals surface area contributed by atoms with E-state index in [9.17, 15) is 4.79 Å². The number of likely N-dealkylation sites (tertiary alicyclic amines) is 1. The minimum atomic E-state index is -0.0767. The number of hydrogen-bond acceptors (Lipinski definition) is 4. The molecular weight excluding hydrogens is 288 g/mol. The van der Waals surface area contributed by atoms with Crippen molar-refractivity contribution in [2.45, 2.75) is 18.9 Å². The Kier molecular flexibility index (Phi) is 5.45. The zero-order valence-corrected chi connectivity index (χ0v) is 13.4. The number of nitrogen functional groups attached to an aromatic ring is 1. The fourth-order valence-electron chi connectivity index (χ4n) is 2.71. The van der Waals surface area contributed by atoms with E-state index < -0.39 is 0 Å². The van der Waals surface area contributed by atoms with Gasteiger partial charge in [0.05, 0.1) is 17.9 Å². The van der Waals surface area contributed by atoms with Gasteiger partial charge in [-0.25, -0.2) is 0 Å². The zero-order valence-electron chi connectivity index (χ0n) is 12.6. The van der Waals surface area contributed by atoms with E-state index in [-0.39, 0.29) is 5.91 Å². The molecule has 0 saturated carbocycles. The molecule has 116 valence electrons. The van der Waals surface area contributed by atoms with Crippen LogP contribution in [0.1, 0.15) is 12.8 Å². The van der Waals surface area contributed by atoms with E-state index >= 15 is 0 Å². The van der Waals surface area contributed by atoms with Crippen LogP contribution in [-0.2, 0) is 4.79 Å². The average molecular weight is 311 g/mol. The first-order valence-electron chi connectivity index (χ1n) is 7.19. The normalized spacial score (nSPS) is 19.1. The number of anilines is 2. The summed E-state index contributed by atoms with van der Waals surface area (Å²) < 4.78 is 0. The Balaban J connectivity index is 1.85. The molecule has 1 aromatic carbocycles. The molecule has 1 aliphatic heterocycles. The van der Waals surface area contributed by atoms with Gasteiger partial charge in [0.25, 0.3) is 0 Å². The SMILES string of the molecule is CN(CC(=O)Nc1cc(Cl)ccc1N)CC1CCCN1C. The van der Waals surface area contributed by atoms with Gasteiger partial charge < -0.3 is 16.0 Å². The fraction of sp³-hybridized carbons (Fsp3) is 0.533. The standard InChI is InChI=1S/C15H23ClN4O/c1-19(9-12-4-3-7-20(12)2)10-15(21)18-14-8-11(16)5-6-13(14)17/h5-6,8,12H,3-4,7,9-10,17H2,1-2H3,(H,18,21). The molecule has 3 N–H and O–H groups in total. The second-order valence-corrected chi connectivity index (χ2v) is 6.19. The average Bonchev–Trinajstić information content (AvgIpc) is 2.79. The molecule has 5 nitrogen and oxygen atoms in total. The molecule has 0 spiro atoms. The number of hydrogen-bond donors (Lipinski definition) is 2. The summed E-state index contributed by atoms with van der Waals surface area (Å²) in [6, 6.07) is 5.60. The van der Waals surface area contributed by atoms with Gasteiger partial charge in [-0.3, -0.25) is 9.69 Å². The highest BCUT2D eigenvalue weighted by Gasteiger charge is 2.22. The van der Waals surface area contributed by atoms with Crippen LogP contribution in [0, 0.1) is 0 Å². The maximum absolute atomic E-state index is 12.1. The van der Waals surface area contributed by atoms with E-state index in [0.29, 0.717) is 29.0 Å². The van der Waals surface area contributed by atoms with E-state index in [1.807, 2.05) is 11.9 Å². The molecule has 1 heterocycles. The van der Waals surface area contributed by atoms with Crippen LogP contribution in [0.2, 0.25) is 5.02 Å². The van der Waals surface area contributed by atoms with Crippen LogP contribution in [0.3, 0.4) is 0 Å². The van der Waals surface area contributed by atoms with E-state index in [4.69, 9.17) is 17.3 Å². The Hall–Kier alpha value is -1.30. The predicted octanol–water partition coefficient (Wildman–Crippen LogP) is 1.89. The second-order valence-electron chi connectivity index (χ2n) is 5.75. The largest absolute Gasteiger partial charge is 0.397 e. The molecule has 6 heteroatoms. The third-order valence-corrected chi connectivity index (χ3v) is 4.13. The molecule has 1 aromatic rings. The fourth-order valence-corrected chi connectivity index (χ4v) is 2.88. The van der Waals surface area contributed by atoms with E-state index in [0.717, 1.165) is 13.1 Å². The lowest BCUT2D eigenvalue weighted by Gasteiger charge is -2.25. The molecule has 1 aliphatic rings. The highest BCUT2D eigenvalue weighted by atomic mass is 35.5. The minimum absolute atomic E-state index is 0.0767. The Bertz CT molecular complexity index is 508. The molecule has 0 radical (unpaired) electrons. The van der Waals surface area contributed by atoms with Crippen LogP contribution in [-0.4, -0.2) is 55.5 Å². The van der Waals surface area contributed by atoms with Gasteiger partial charge in [0.15, 0.2) is 0 Å². The van der Waals surface area contributed by atoms with E-state index in [1.54, 1.807) is 18.2 Å². The highest BCUT2D eigenvalue weighted by molar-refractivity contribution is 6.31. The van der Waals surface area contributed by atoms with Gasteiger partial charge in [-0.15, -0.1) is 0 Å². The molecule has 1 atom stereocenters. The summed E-state index contributed by atoms with van der Waals surface area (Å²) in [5.74, 6) is -0.0767. The first-order valence-corrected chi connectivity index (χ1v) is 7.57. The lowest BCUT2D eigenvalue weighted by Crippen LogP contribution is -2.40. The zero-order chi connectivity index (χ0) is 15.4.